The molecule has 1 atom stereocenters. The van der Waals surface area contributed by atoms with Gasteiger partial charge in [-0.25, -0.2) is 0 Å². The molecule has 1 amide bonds. The molecule has 0 aromatic carbocycles. The van der Waals surface area contributed by atoms with Crippen molar-refractivity contribution in [3.8, 4) is 0 Å². The van der Waals surface area contributed by atoms with Crippen molar-refractivity contribution in [1.82, 2.24) is 5.32 Å². The van der Waals surface area contributed by atoms with E-state index < -0.39 is 5.60 Å². The summed E-state index contributed by atoms with van der Waals surface area (Å²) in [6, 6.07) is 0. The molecule has 0 bridgehead atoms. The first-order chi connectivity index (χ1) is 6.57. The monoisotopic (exact) mass is 217 g/mol. The summed E-state index contributed by atoms with van der Waals surface area (Å²) in [5.41, 5.74) is -0.631. The van der Waals surface area contributed by atoms with Crippen LogP contribution >= 0.6 is 11.8 Å². The zero-order chi connectivity index (χ0) is 10.6. The molecule has 0 aromatic rings. The summed E-state index contributed by atoms with van der Waals surface area (Å²) >= 11 is 1.52. The molecule has 0 saturated heterocycles. The van der Waals surface area contributed by atoms with E-state index in [0.29, 0.717) is 6.54 Å². The molecule has 1 aliphatic carbocycles. The second kappa shape index (κ2) is 5.03. The van der Waals surface area contributed by atoms with Crippen molar-refractivity contribution in [2.75, 3.05) is 12.8 Å². The summed E-state index contributed by atoms with van der Waals surface area (Å²) in [5, 5.41) is 12.8. The Hall–Kier alpha value is -0.220. The van der Waals surface area contributed by atoms with Crippen molar-refractivity contribution in [3.05, 3.63) is 0 Å². The Bertz CT molecular complexity index is 202. The van der Waals surface area contributed by atoms with Gasteiger partial charge < -0.3 is 10.4 Å². The Morgan fingerprint density at radius 1 is 1.57 bits per heavy atom. The van der Waals surface area contributed by atoms with E-state index in [-0.39, 0.29) is 11.2 Å². The highest BCUT2D eigenvalue weighted by molar-refractivity contribution is 7.99. The second-order valence-electron chi connectivity index (χ2n) is 4.03. The van der Waals surface area contributed by atoms with Crippen molar-refractivity contribution < 1.29 is 9.90 Å². The molecule has 2 N–H and O–H groups in total. The third-order valence-corrected chi connectivity index (χ3v) is 3.77. The Kier molecular flexibility index (Phi) is 4.26. The van der Waals surface area contributed by atoms with Gasteiger partial charge in [-0.2, -0.15) is 11.8 Å². The van der Waals surface area contributed by atoms with Crippen molar-refractivity contribution in [1.29, 1.82) is 0 Å². The second-order valence-corrected chi connectivity index (χ2v) is 5.21. The molecular formula is C10H19NO2S. The largest absolute Gasteiger partial charge is 0.388 e. The van der Waals surface area contributed by atoms with Crippen LogP contribution in [0.15, 0.2) is 0 Å². The van der Waals surface area contributed by atoms with Crippen LogP contribution < -0.4 is 5.32 Å². The Labute approximate surface area is 89.6 Å². The predicted molar refractivity (Wildman–Crippen MR) is 59.4 cm³/mol. The lowest BCUT2D eigenvalue weighted by atomic mass is 10.0. The molecule has 1 fully saturated rings. The minimum atomic E-state index is -0.631. The number of hydrogen-bond donors (Lipinski definition) is 2. The lowest BCUT2D eigenvalue weighted by Crippen LogP contribution is -2.43. The van der Waals surface area contributed by atoms with Gasteiger partial charge in [-0.3, -0.25) is 4.79 Å². The van der Waals surface area contributed by atoms with E-state index >= 15 is 0 Å². The van der Waals surface area contributed by atoms with E-state index in [1.807, 2.05) is 13.2 Å². The molecule has 0 aliphatic heterocycles. The smallest absolute Gasteiger partial charge is 0.232 e. The summed E-state index contributed by atoms with van der Waals surface area (Å²) in [7, 11) is 0. The molecule has 1 unspecified atom stereocenters. The molecule has 1 saturated carbocycles. The van der Waals surface area contributed by atoms with Gasteiger partial charge in [0.1, 0.15) is 0 Å². The summed E-state index contributed by atoms with van der Waals surface area (Å²) in [5.74, 6) is 0.0258. The predicted octanol–water partition coefficient (Wildman–Crippen LogP) is 1.16. The van der Waals surface area contributed by atoms with Crippen LogP contribution in [-0.2, 0) is 4.79 Å². The maximum atomic E-state index is 11.4. The first-order valence-corrected chi connectivity index (χ1v) is 6.39. The fraction of sp³-hybridized carbons (Fsp3) is 0.900. The zero-order valence-corrected chi connectivity index (χ0v) is 9.69. The van der Waals surface area contributed by atoms with Crippen molar-refractivity contribution >= 4 is 17.7 Å². The summed E-state index contributed by atoms with van der Waals surface area (Å²) in [6.45, 7) is 2.29. The average molecular weight is 217 g/mol. The normalized spacial score (nSPS) is 21.9. The van der Waals surface area contributed by atoms with Crippen molar-refractivity contribution in [2.24, 2.45) is 0 Å². The van der Waals surface area contributed by atoms with Crippen LogP contribution in [0.25, 0.3) is 0 Å². The summed E-state index contributed by atoms with van der Waals surface area (Å²) in [6.07, 6.45) is 5.70. The highest BCUT2D eigenvalue weighted by atomic mass is 32.2. The highest BCUT2D eigenvalue weighted by Gasteiger charge is 2.31. The third-order valence-electron chi connectivity index (χ3n) is 2.85. The van der Waals surface area contributed by atoms with Crippen LogP contribution in [-0.4, -0.2) is 34.7 Å². The molecule has 14 heavy (non-hydrogen) atoms. The lowest BCUT2D eigenvalue weighted by Gasteiger charge is -2.23. The number of rotatable bonds is 4. The molecule has 0 heterocycles. The molecule has 1 aliphatic rings. The maximum Gasteiger partial charge on any atom is 0.232 e. The Morgan fingerprint density at radius 2 is 2.14 bits per heavy atom. The zero-order valence-electron chi connectivity index (χ0n) is 8.88. The lowest BCUT2D eigenvalue weighted by molar-refractivity contribution is -0.121. The third kappa shape index (κ3) is 3.17. The van der Waals surface area contributed by atoms with E-state index in [1.54, 1.807) is 0 Å². The highest BCUT2D eigenvalue weighted by Crippen LogP contribution is 2.28. The number of carbonyl (C=O) groups is 1. The van der Waals surface area contributed by atoms with Crippen LogP contribution in [0.2, 0.25) is 0 Å². The first-order valence-electron chi connectivity index (χ1n) is 5.10. The minimum Gasteiger partial charge on any atom is -0.388 e. The van der Waals surface area contributed by atoms with E-state index in [1.165, 1.54) is 11.8 Å². The number of amides is 1. The van der Waals surface area contributed by atoms with E-state index in [4.69, 9.17) is 0 Å². The van der Waals surface area contributed by atoms with Crippen LogP contribution in [0.1, 0.15) is 32.6 Å². The van der Waals surface area contributed by atoms with Gasteiger partial charge in [-0.1, -0.05) is 12.8 Å². The maximum absolute atomic E-state index is 11.4. The molecular weight excluding hydrogens is 198 g/mol. The van der Waals surface area contributed by atoms with Crippen LogP contribution in [0, 0.1) is 0 Å². The van der Waals surface area contributed by atoms with Gasteiger partial charge in [0.05, 0.1) is 10.9 Å². The van der Waals surface area contributed by atoms with Gasteiger partial charge >= 0.3 is 0 Å². The van der Waals surface area contributed by atoms with E-state index in [9.17, 15) is 9.90 Å². The van der Waals surface area contributed by atoms with Crippen LogP contribution in [0.5, 0.6) is 0 Å². The Balaban J connectivity index is 2.29. The van der Waals surface area contributed by atoms with E-state index in [2.05, 4.69) is 5.32 Å². The molecule has 0 spiro atoms. The van der Waals surface area contributed by atoms with Crippen LogP contribution in [0.3, 0.4) is 0 Å². The van der Waals surface area contributed by atoms with Gasteiger partial charge in [0.15, 0.2) is 0 Å². The van der Waals surface area contributed by atoms with Gasteiger partial charge in [-0.15, -0.1) is 0 Å². The fourth-order valence-electron chi connectivity index (χ4n) is 1.71. The van der Waals surface area contributed by atoms with Gasteiger partial charge in [0.2, 0.25) is 5.91 Å². The number of hydrogen-bond acceptors (Lipinski definition) is 3. The molecule has 4 heteroatoms. The first kappa shape index (κ1) is 11.9. The number of carbonyl (C=O) groups excluding carboxylic acids is 1. The molecule has 0 radical (unpaired) electrons. The Morgan fingerprint density at radius 3 is 2.64 bits per heavy atom. The van der Waals surface area contributed by atoms with Crippen LogP contribution in [0.4, 0.5) is 0 Å². The standard InChI is InChI=1S/C10H19NO2S/c1-8(14-2)9(12)11-7-10(13)5-3-4-6-10/h8,13H,3-7H2,1-2H3,(H,11,12). The van der Waals surface area contributed by atoms with Gasteiger partial charge in [0, 0.05) is 6.54 Å². The van der Waals surface area contributed by atoms with Gasteiger partial charge in [-0.05, 0) is 26.0 Å². The molecule has 82 valence electrons. The molecule has 0 aromatic heterocycles. The molecule has 1 rings (SSSR count). The number of nitrogens with one attached hydrogen (secondary N) is 1. The average Bonchev–Trinajstić information content (AvgIpc) is 2.61. The number of aliphatic hydroxyl groups is 1. The topological polar surface area (TPSA) is 49.3 Å². The van der Waals surface area contributed by atoms with Crippen molar-refractivity contribution in [3.63, 3.8) is 0 Å². The fourth-order valence-corrected chi connectivity index (χ4v) is 2.01. The molecule has 3 nitrogen and oxygen atoms in total. The minimum absolute atomic E-state index is 0.0258. The van der Waals surface area contributed by atoms with E-state index in [0.717, 1.165) is 25.7 Å². The quantitative estimate of drug-likeness (QED) is 0.743. The van der Waals surface area contributed by atoms with Gasteiger partial charge in [0.25, 0.3) is 0 Å². The summed E-state index contributed by atoms with van der Waals surface area (Å²) in [4.78, 5) is 11.4. The SMILES string of the molecule is CSC(C)C(=O)NCC1(O)CCCC1. The van der Waals surface area contributed by atoms with Crippen molar-refractivity contribution in [2.45, 2.75) is 43.5 Å². The number of thioether (sulfide) groups is 1. The summed E-state index contributed by atoms with van der Waals surface area (Å²) < 4.78 is 0.